The Morgan fingerprint density at radius 1 is 0.882 bits per heavy atom. The number of hydrogen-bond acceptors (Lipinski definition) is 7. The van der Waals surface area contributed by atoms with E-state index in [1.54, 1.807) is 6.07 Å². The van der Waals surface area contributed by atoms with Crippen molar-refractivity contribution in [3.8, 4) is 23.0 Å². The highest BCUT2D eigenvalue weighted by atomic mass is 32.2. The van der Waals surface area contributed by atoms with Crippen LogP contribution in [-0.2, 0) is 14.8 Å². The fourth-order valence-corrected chi connectivity index (χ4v) is 5.14. The Balaban J connectivity index is 1.18. The Bertz CT molecular complexity index is 1160. The van der Waals surface area contributed by atoms with Gasteiger partial charge in [0.15, 0.2) is 23.0 Å². The Kier molecular flexibility index (Phi) is 6.51. The van der Waals surface area contributed by atoms with Crippen LogP contribution in [0.5, 0.6) is 23.0 Å². The van der Waals surface area contributed by atoms with E-state index in [2.05, 4.69) is 10.0 Å². The van der Waals surface area contributed by atoms with Crippen molar-refractivity contribution in [2.24, 2.45) is 5.92 Å². The molecule has 3 aliphatic rings. The predicted octanol–water partition coefficient (Wildman–Crippen LogP) is 2.55. The Labute approximate surface area is 198 Å². The number of carbonyl (C=O) groups is 1. The molecule has 1 amide bonds. The first-order valence-corrected chi connectivity index (χ1v) is 13.1. The molecule has 1 aliphatic carbocycles. The van der Waals surface area contributed by atoms with Crippen molar-refractivity contribution in [3.05, 3.63) is 42.0 Å². The molecule has 1 unspecified atom stereocenters. The quantitative estimate of drug-likeness (QED) is 0.587. The van der Waals surface area contributed by atoms with Gasteiger partial charge in [-0.15, -0.1) is 0 Å². The van der Waals surface area contributed by atoms with Gasteiger partial charge in [-0.3, -0.25) is 4.79 Å². The maximum atomic E-state index is 12.7. The smallest absolute Gasteiger partial charge is 0.240 e. The van der Waals surface area contributed by atoms with Crippen LogP contribution in [0.4, 0.5) is 0 Å². The number of amides is 1. The summed E-state index contributed by atoms with van der Waals surface area (Å²) in [6, 6.07) is 10.1. The molecule has 1 atom stereocenters. The first kappa shape index (κ1) is 22.8. The average molecular weight is 489 g/mol. The summed E-state index contributed by atoms with van der Waals surface area (Å²) in [6.45, 7) is 2.01. The van der Waals surface area contributed by atoms with Gasteiger partial charge in [0.05, 0.1) is 24.2 Å². The first-order valence-electron chi connectivity index (χ1n) is 11.6. The SMILES string of the molecule is O=C(CCNS(=O)(=O)c1ccc2c(c1)OCCCO2)NC(c1ccc2c(c1)OCCO2)C1CC1. The van der Waals surface area contributed by atoms with E-state index < -0.39 is 10.0 Å². The number of fused-ring (bicyclic) bond motifs is 2. The number of carbonyl (C=O) groups excluding carboxylic acids is 1. The first-order chi connectivity index (χ1) is 16.5. The number of sulfonamides is 1. The lowest BCUT2D eigenvalue weighted by atomic mass is 10.0. The van der Waals surface area contributed by atoms with Gasteiger partial charge in [-0.2, -0.15) is 0 Å². The molecule has 2 aliphatic heterocycles. The lowest BCUT2D eigenvalue weighted by Gasteiger charge is -2.23. The van der Waals surface area contributed by atoms with Crippen molar-refractivity contribution in [2.45, 2.75) is 36.6 Å². The lowest BCUT2D eigenvalue weighted by Crippen LogP contribution is -2.33. The number of nitrogens with one attached hydrogen (secondary N) is 2. The Hall–Kier alpha value is -2.98. The second-order valence-electron chi connectivity index (χ2n) is 8.59. The monoisotopic (exact) mass is 488 g/mol. The van der Waals surface area contributed by atoms with Gasteiger partial charge in [0, 0.05) is 25.5 Å². The highest BCUT2D eigenvalue weighted by Gasteiger charge is 2.34. The third-order valence-corrected chi connectivity index (χ3v) is 7.47. The van der Waals surface area contributed by atoms with Gasteiger partial charge in [-0.1, -0.05) is 6.07 Å². The Morgan fingerprint density at radius 3 is 2.29 bits per heavy atom. The standard InChI is InChI=1S/C24H28N2O7S/c27-23(26-24(16-2-3-16)17-4-6-19-21(14-17)33-13-12-32-19)8-9-25-34(28,29)18-5-7-20-22(15-18)31-11-1-10-30-20/h4-7,14-16,24-25H,1-3,8-13H2,(H,26,27). The van der Waals surface area contributed by atoms with E-state index in [-0.39, 0.29) is 29.8 Å². The molecule has 0 bridgehead atoms. The van der Waals surface area contributed by atoms with Crippen LogP contribution in [0.3, 0.4) is 0 Å². The molecule has 0 saturated heterocycles. The van der Waals surface area contributed by atoms with E-state index in [0.29, 0.717) is 55.3 Å². The minimum Gasteiger partial charge on any atom is -0.490 e. The van der Waals surface area contributed by atoms with Crippen LogP contribution in [0.1, 0.15) is 37.3 Å². The van der Waals surface area contributed by atoms with Crippen LogP contribution in [0.25, 0.3) is 0 Å². The fraction of sp³-hybridized carbons (Fsp3) is 0.458. The average Bonchev–Trinajstić information content (AvgIpc) is 3.69. The topological polar surface area (TPSA) is 112 Å². The minimum absolute atomic E-state index is 0.0128. The third-order valence-electron chi connectivity index (χ3n) is 6.01. The maximum Gasteiger partial charge on any atom is 0.240 e. The van der Waals surface area contributed by atoms with Gasteiger partial charge in [-0.25, -0.2) is 13.1 Å². The minimum atomic E-state index is -3.79. The molecule has 10 heteroatoms. The molecule has 2 aromatic rings. The van der Waals surface area contributed by atoms with Crippen molar-refractivity contribution in [3.63, 3.8) is 0 Å². The third kappa shape index (κ3) is 5.23. The zero-order valence-corrected chi connectivity index (χ0v) is 19.6. The van der Waals surface area contributed by atoms with Crippen LogP contribution in [0.15, 0.2) is 41.3 Å². The van der Waals surface area contributed by atoms with Crippen molar-refractivity contribution < 1.29 is 32.2 Å². The molecular formula is C24H28N2O7S. The molecular weight excluding hydrogens is 460 g/mol. The van der Waals surface area contributed by atoms with Crippen LogP contribution < -0.4 is 29.0 Å². The summed E-state index contributed by atoms with van der Waals surface area (Å²) >= 11 is 0. The number of hydrogen-bond donors (Lipinski definition) is 2. The van der Waals surface area contributed by atoms with E-state index in [1.165, 1.54) is 12.1 Å². The van der Waals surface area contributed by atoms with Crippen molar-refractivity contribution >= 4 is 15.9 Å². The number of ether oxygens (including phenoxy) is 4. The van der Waals surface area contributed by atoms with E-state index in [0.717, 1.165) is 24.8 Å². The zero-order valence-electron chi connectivity index (χ0n) is 18.7. The maximum absolute atomic E-state index is 12.7. The van der Waals surface area contributed by atoms with Crippen LogP contribution in [0, 0.1) is 5.92 Å². The largest absolute Gasteiger partial charge is 0.490 e. The van der Waals surface area contributed by atoms with Crippen molar-refractivity contribution in [1.29, 1.82) is 0 Å². The van der Waals surface area contributed by atoms with Crippen molar-refractivity contribution in [2.75, 3.05) is 33.0 Å². The lowest BCUT2D eigenvalue weighted by molar-refractivity contribution is -0.121. The second-order valence-corrected chi connectivity index (χ2v) is 10.4. The highest BCUT2D eigenvalue weighted by molar-refractivity contribution is 7.89. The summed E-state index contributed by atoms with van der Waals surface area (Å²) in [5.74, 6) is 2.48. The predicted molar refractivity (Wildman–Crippen MR) is 123 cm³/mol. The normalized spacial score (nSPS) is 18.0. The molecule has 5 rings (SSSR count). The van der Waals surface area contributed by atoms with Gasteiger partial charge in [0.25, 0.3) is 0 Å². The Morgan fingerprint density at radius 2 is 1.53 bits per heavy atom. The molecule has 2 aromatic carbocycles. The molecule has 1 fully saturated rings. The molecule has 1 saturated carbocycles. The van der Waals surface area contributed by atoms with Gasteiger partial charge >= 0.3 is 0 Å². The summed E-state index contributed by atoms with van der Waals surface area (Å²) in [5, 5.41) is 3.07. The molecule has 9 nitrogen and oxygen atoms in total. The van der Waals surface area contributed by atoms with E-state index in [1.807, 2.05) is 18.2 Å². The summed E-state index contributed by atoms with van der Waals surface area (Å²) < 4.78 is 50.3. The van der Waals surface area contributed by atoms with E-state index in [9.17, 15) is 13.2 Å². The number of rotatable bonds is 8. The van der Waals surface area contributed by atoms with Gasteiger partial charge in [0.1, 0.15) is 13.2 Å². The second kappa shape index (κ2) is 9.71. The highest BCUT2D eigenvalue weighted by Crippen LogP contribution is 2.43. The molecule has 0 aromatic heterocycles. The van der Waals surface area contributed by atoms with Crippen molar-refractivity contribution in [1.82, 2.24) is 10.0 Å². The molecule has 2 N–H and O–H groups in total. The molecule has 34 heavy (non-hydrogen) atoms. The molecule has 2 heterocycles. The van der Waals surface area contributed by atoms with Crippen LogP contribution in [0.2, 0.25) is 0 Å². The zero-order chi connectivity index (χ0) is 23.5. The molecule has 0 radical (unpaired) electrons. The van der Waals surface area contributed by atoms with Crippen LogP contribution >= 0.6 is 0 Å². The fourth-order valence-electron chi connectivity index (χ4n) is 4.09. The summed E-state index contributed by atoms with van der Waals surface area (Å²) in [6.07, 6.45) is 2.84. The van der Waals surface area contributed by atoms with Gasteiger partial charge in [-0.05, 0) is 48.6 Å². The van der Waals surface area contributed by atoms with Gasteiger partial charge < -0.3 is 24.3 Å². The summed E-state index contributed by atoms with van der Waals surface area (Å²) in [4.78, 5) is 12.7. The van der Waals surface area contributed by atoms with Crippen LogP contribution in [-0.4, -0.2) is 47.3 Å². The summed E-state index contributed by atoms with van der Waals surface area (Å²) in [7, 11) is -3.79. The molecule has 0 spiro atoms. The number of benzene rings is 2. The summed E-state index contributed by atoms with van der Waals surface area (Å²) in [5.41, 5.74) is 0.966. The molecule has 182 valence electrons. The van der Waals surface area contributed by atoms with E-state index >= 15 is 0 Å². The van der Waals surface area contributed by atoms with Gasteiger partial charge in [0.2, 0.25) is 15.9 Å². The van der Waals surface area contributed by atoms with E-state index in [4.69, 9.17) is 18.9 Å².